The fourth-order valence-electron chi connectivity index (χ4n) is 4.27. The Morgan fingerprint density at radius 2 is 2.15 bits per heavy atom. The highest BCUT2D eigenvalue weighted by molar-refractivity contribution is 14.0. The molecule has 3 heterocycles. The molecule has 4 rings (SSSR count). The van der Waals surface area contributed by atoms with Crippen LogP contribution in [0.1, 0.15) is 26.2 Å². The van der Waals surface area contributed by atoms with Crippen molar-refractivity contribution in [3.8, 4) is 0 Å². The van der Waals surface area contributed by atoms with Gasteiger partial charge in [-0.25, -0.2) is 0 Å². The molecule has 0 amide bonds. The monoisotopic (exact) mass is 482 g/mol. The molecule has 1 atom stereocenters. The number of ether oxygens (including phenoxy) is 1. The summed E-state index contributed by atoms with van der Waals surface area (Å²) in [6, 6.07) is 10.8. The van der Waals surface area contributed by atoms with Crippen LogP contribution in [0.4, 0.5) is 0 Å². The molecule has 1 unspecified atom stereocenters. The van der Waals surface area contributed by atoms with E-state index in [4.69, 9.17) is 9.73 Å². The number of likely N-dealkylation sites (tertiary alicyclic amines) is 1. The molecule has 1 aromatic heterocycles. The summed E-state index contributed by atoms with van der Waals surface area (Å²) in [4.78, 5) is 7.34. The van der Waals surface area contributed by atoms with E-state index < -0.39 is 0 Å². The number of aliphatic imine (C=N–C) groups is 1. The molecular formula is C21H31IN4O. The summed E-state index contributed by atoms with van der Waals surface area (Å²) in [5.41, 5.74) is 1.69. The topological polar surface area (TPSA) is 41.8 Å². The minimum Gasteiger partial charge on any atom is -0.381 e. The third-order valence-electron chi connectivity index (χ3n) is 5.76. The first-order chi connectivity index (χ1) is 12.8. The first-order valence-corrected chi connectivity index (χ1v) is 9.95. The lowest BCUT2D eigenvalue weighted by molar-refractivity contribution is 0.156. The summed E-state index contributed by atoms with van der Waals surface area (Å²) in [6.45, 7) is 8.95. The summed E-state index contributed by atoms with van der Waals surface area (Å²) < 4.78 is 7.99. The Morgan fingerprint density at radius 1 is 1.26 bits per heavy atom. The number of nitrogens with one attached hydrogen (secondary N) is 1. The summed E-state index contributed by atoms with van der Waals surface area (Å²) in [5, 5.41) is 4.79. The van der Waals surface area contributed by atoms with Crippen molar-refractivity contribution >= 4 is 40.8 Å². The van der Waals surface area contributed by atoms with Crippen LogP contribution in [0, 0.1) is 5.41 Å². The molecule has 2 aliphatic rings. The molecule has 6 heteroatoms. The third kappa shape index (κ3) is 4.59. The van der Waals surface area contributed by atoms with Gasteiger partial charge in [-0.2, -0.15) is 0 Å². The van der Waals surface area contributed by atoms with Crippen LogP contribution in [-0.2, 0) is 11.3 Å². The van der Waals surface area contributed by atoms with E-state index in [0.29, 0.717) is 5.41 Å². The fourth-order valence-corrected chi connectivity index (χ4v) is 4.27. The minimum atomic E-state index is 0. The predicted octanol–water partition coefficient (Wildman–Crippen LogP) is 3.73. The maximum atomic E-state index is 5.66. The van der Waals surface area contributed by atoms with Crippen molar-refractivity contribution in [2.45, 2.75) is 32.7 Å². The lowest BCUT2D eigenvalue weighted by Crippen LogP contribution is -2.41. The summed E-state index contributed by atoms with van der Waals surface area (Å²) in [5.74, 6) is 1.08. The van der Waals surface area contributed by atoms with Gasteiger partial charge in [0, 0.05) is 56.5 Å². The Morgan fingerprint density at radius 3 is 2.96 bits per heavy atom. The number of hydrogen-bond acceptors (Lipinski definition) is 2. The van der Waals surface area contributed by atoms with E-state index >= 15 is 0 Å². The molecule has 2 fully saturated rings. The lowest BCUT2D eigenvalue weighted by atomic mass is 9.87. The fraction of sp³-hybridized carbons (Fsp3) is 0.571. The van der Waals surface area contributed by atoms with Crippen molar-refractivity contribution in [1.29, 1.82) is 0 Å². The molecule has 2 aromatic rings. The molecule has 5 nitrogen and oxygen atoms in total. The minimum absolute atomic E-state index is 0. The number of rotatable bonds is 5. The number of para-hydroxylation sites is 1. The van der Waals surface area contributed by atoms with Crippen LogP contribution in [0.25, 0.3) is 10.9 Å². The smallest absolute Gasteiger partial charge is 0.193 e. The Balaban J connectivity index is 0.00000210. The molecular weight excluding hydrogens is 451 g/mol. The highest BCUT2D eigenvalue weighted by Gasteiger charge is 2.42. The van der Waals surface area contributed by atoms with Gasteiger partial charge >= 0.3 is 0 Å². The predicted molar refractivity (Wildman–Crippen MR) is 122 cm³/mol. The highest BCUT2D eigenvalue weighted by atomic mass is 127. The van der Waals surface area contributed by atoms with Crippen molar-refractivity contribution < 1.29 is 4.74 Å². The van der Waals surface area contributed by atoms with E-state index in [1.165, 1.54) is 23.7 Å². The molecule has 0 aliphatic carbocycles. The van der Waals surface area contributed by atoms with E-state index in [1.54, 1.807) is 0 Å². The zero-order chi connectivity index (χ0) is 17.8. The van der Waals surface area contributed by atoms with Gasteiger partial charge in [0.25, 0.3) is 0 Å². The van der Waals surface area contributed by atoms with Gasteiger partial charge in [0.15, 0.2) is 5.96 Å². The Kier molecular flexibility index (Phi) is 7.03. The summed E-state index contributed by atoms with van der Waals surface area (Å²) >= 11 is 0. The number of benzene rings is 1. The first-order valence-electron chi connectivity index (χ1n) is 9.95. The van der Waals surface area contributed by atoms with Crippen molar-refractivity contribution in [1.82, 2.24) is 14.8 Å². The molecule has 1 aromatic carbocycles. The summed E-state index contributed by atoms with van der Waals surface area (Å²) in [6.07, 6.45) is 5.66. The van der Waals surface area contributed by atoms with Gasteiger partial charge in [0.1, 0.15) is 0 Å². The number of hydrogen-bond donors (Lipinski definition) is 1. The maximum absolute atomic E-state index is 5.66. The Hall–Kier alpha value is -1.28. The summed E-state index contributed by atoms with van der Waals surface area (Å²) in [7, 11) is 0. The zero-order valence-electron chi connectivity index (χ0n) is 16.2. The Labute approximate surface area is 179 Å². The number of guanidine groups is 1. The van der Waals surface area contributed by atoms with Crippen molar-refractivity contribution in [2.75, 3.05) is 39.4 Å². The number of nitrogens with zero attached hydrogens (tertiary/aromatic N) is 3. The van der Waals surface area contributed by atoms with E-state index in [-0.39, 0.29) is 24.0 Å². The van der Waals surface area contributed by atoms with Gasteiger partial charge in [-0.15, -0.1) is 24.0 Å². The molecule has 148 valence electrons. The molecule has 2 aliphatic heterocycles. The van der Waals surface area contributed by atoms with Crippen molar-refractivity contribution in [3.05, 3.63) is 36.5 Å². The number of halogens is 1. The molecule has 0 bridgehead atoms. The van der Waals surface area contributed by atoms with Crippen LogP contribution < -0.4 is 5.32 Å². The van der Waals surface area contributed by atoms with Crippen LogP contribution in [0.15, 0.2) is 41.5 Å². The van der Waals surface area contributed by atoms with E-state index in [0.717, 1.165) is 58.3 Å². The van der Waals surface area contributed by atoms with Gasteiger partial charge in [-0.1, -0.05) is 18.2 Å². The van der Waals surface area contributed by atoms with Crippen LogP contribution in [0.5, 0.6) is 0 Å². The first kappa shape index (κ1) is 20.5. The normalized spacial score (nSPS) is 22.6. The number of fused-ring (bicyclic) bond motifs is 1. The van der Waals surface area contributed by atoms with Gasteiger partial charge in [-0.05, 0) is 43.7 Å². The molecule has 27 heavy (non-hydrogen) atoms. The maximum Gasteiger partial charge on any atom is 0.193 e. The van der Waals surface area contributed by atoms with Crippen molar-refractivity contribution in [3.63, 3.8) is 0 Å². The zero-order valence-corrected chi connectivity index (χ0v) is 18.5. The lowest BCUT2D eigenvalue weighted by Gasteiger charge is -2.25. The van der Waals surface area contributed by atoms with Gasteiger partial charge in [0.2, 0.25) is 0 Å². The van der Waals surface area contributed by atoms with Gasteiger partial charge < -0.3 is 19.5 Å². The molecule has 0 radical (unpaired) electrons. The average molecular weight is 482 g/mol. The third-order valence-corrected chi connectivity index (χ3v) is 5.76. The standard InChI is InChI=1S/C21H30N4O.HI/c1-2-22-20(25-14-9-21(16-25)10-15-26-17-21)23-11-5-12-24-13-8-18-6-3-4-7-19(18)24;/h3-4,6-8,13H,2,5,9-12,14-17H2,1H3,(H,22,23);1H. The van der Waals surface area contributed by atoms with E-state index in [1.807, 2.05) is 0 Å². The second kappa shape index (κ2) is 9.28. The largest absolute Gasteiger partial charge is 0.381 e. The second-order valence-electron chi connectivity index (χ2n) is 7.63. The molecule has 1 N–H and O–H groups in total. The van der Waals surface area contributed by atoms with Crippen LogP contribution >= 0.6 is 24.0 Å². The quantitative estimate of drug-likeness (QED) is 0.306. The number of aryl methyl sites for hydroxylation is 1. The number of aromatic nitrogens is 1. The van der Waals surface area contributed by atoms with Crippen LogP contribution in [0.3, 0.4) is 0 Å². The molecule has 2 saturated heterocycles. The van der Waals surface area contributed by atoms with Gasteiger partial charge in [-0.3, -0.25) is 4.99 Å². The highest BCUT2D eigenvalue weighted by Crippen LogP contribution is 2.38. The van der Waals surface area contributed by atoms with Crippen LogP contribution in [-0.4, -0.2) is 54.8 Å². The molecule has 0 saturated carbocycles. The van der Waals surface area contributed by atoms with E-state index in [2.05, 4.69) is 58.2 Å². The van der Waals surface area contributed by atoms with Crippen LogP contribution in [0.2, 0.25) is 0 Å². The van der Waals surface area contributed by atoms with Gasteiger partial charge in [0.05, 0.1) is 6.61 Å². The average Bonchev–Trinajstić information content (AvgIpc) is 3.39. The van der Waals surface area contributed by atoms with Crippen molar-refractivity contribution in [2.24, 2.45) is 10.4 Å². The SMILES string of the molecule is CCNC(=NCCCn1ccc2ccccc21)N1CCC2(CCOC2)C1.I. The van der Waals surface area contributed by atoms with E-state index in [9.17, 15) is 0 Å². The second-order valence-corrected chi connectivity index (χ2v) is 7.63. The Bertz CT molecular complexity index is 766. The molecule has 1 spiro atoms.